The van der Waals surface area contributed by atoms with Gasteiger partial charge in [-0.25, -0.2) is 0 Å². The largest absolute Gasteiger partial charge is 0.463 e. The molecule has 1 heterocycles. The molecule has 1 saturated heterocycles. The van der Waals surface area contributed by atoms with Crippen LogP contribution in [0.15, 0.2) is 0 Å². The molecule has 5 atom stereocenters. The van der Waals surface area contributed by atoms with Crippen molar-refractivity contribution in [2.24, 2.45) is 0 Å². The smallest absolute Gasteiger partial charge is 0.303 e. The van der Waals surface area contributed by atoms with Crippen LogP contribution in [0.2, 0.25) is 0 Å². The maximum atomic E-state index is 12.4. The van der Waals surface area contributed by atoms with E-state index >= 15 is 0 Å². The third-order valence-electron chi connectivity index (χ3n) is 3.47. The molecule has 0 aliphatic carbocycles. The van der Waals surface area contributed by atoms with Crippen molar-refractivity contribution in [3.05, 3.63) is 0 Å². The molecule has 0 amide bonds. The molecule has 0 aromatic rings. The van der Waals surface area contributed by atoms with Crippen LogP contribution in [-0.4, -0.2) is 65.6 Å². The molecule has 0 aromatic carbocycles. The summed E-state index contributed by atoms with van der Waals surface area (Å²) in [5.41, 5.74) is -2.23. The van der Waals surface area contributed by atoms with Crippen LogP contribution in [0.5, 0.6) is 0 Å². The summed E-state index contributed by atoms with van der Waals surface area (Å²) in [5.74, 6) is -3.20. The summed E-state index contributed by atoms with van der Waals surface area (Å²) in [5, 5.41) is 10.4. The van der Waals surface area contributed by atoms with E-state index in [1.165, 1.54) is 0 Å². The molecule has 142 valence electrons. The van der Waals surface area contributed by atoms with Gasteiger partial charge in [0.25, 0.3) is 0 Å². The highest BCUT2D eigenvalue weighted by Gasteiger charge is 2.64. The average Bonchev–Trinajstić information content (AvgIpc) is 2.48. The lowest BCUT2D eigenvalue weighted by Gasteiger charge is -2.48. The highest BCUT2D eigenvalue weighted by molar-refractivity contribution is 9.06. The van der Waals surface area contributed by atoms with Crippen molar-refractivity contribution in [3.8, 4) is 0 Å². The number of hydrogen-bond donors (Lipinski definition) is 1. The van der Waals surface area contributed by atoms with E-state index in [-0.39, 0.29) is 0 Å². The summed E-state index contributed by atoms with van der Waals surface area (Å²) in [6.07, 6.45) is -6.12. The van der Waals surface area contributed by atoms with Crippen LogP contribution >= 0.6 is 16.3 Å². The van der Waals surface area contributed by atoms with Crippen LogP contribution in [0.25, 0.3) is 0 Å². The number of aliphatic hydroxyl groups is 1. The number of ether oxygens (including phenoxy) is 4. The average molecular weight is 427 g/mol. The molecule has 1 N–H and O–H groups in total. The molecule has 0 bridgehead atoms. The van der Waals surface area contributed by atoms with Gasteiger partial charge in [-0.05, 0) is 6.92 Å². The molecule has 11 heteroatoms. The number of hydrogen-bond acceptors (Lipinski definition) is 10. The Labute approximate surface area is 152 Å². The van der Waals surface area contributed by atoms with Gasteiger partial charge in [-0.15, -0.1) is 0 Å². The molecule has 0 unspecified atom stereocenters. The van der Waals surface area contributed by atoms with Gasteiger partial charge in [-0.2, -0.15) is 0 Å². The summed E-state index contributed by atoms with van der Waals surface area (Å²) in [6.45, 7) is 3.75. The Balaban J connectivity index is 3.45. The Hall–Kier alpha value is -1.56. The second-order valence-corrected chi connectivity index (χ2v) is 5.72. The zero-order valence-corrected chi connectivity index (χ0v) is 15.6. The van der Waals surface area contributed by atoms with E-state index in [4.69, 9.17) is 22.8 Å². The van der Waals surface area contributed by atoms with Gasteiger partial charge < -0.3 is 24.1 Å². The first-order chi connectivity index (χ1) is 11.6. The Morgan fingerprint density at radius 1 is 1.08 bits per heavy atom. The lowest BCUT2D eigenvalue weighted by molar-refractivity contribution is -0.305. The van der Waals surface area contributed by atoms with Crippen molar-refractivity contribution in [2.45, 2.75) is 57.9 Å². The first kappa shape index (κ1) is 21.5. The van der Waals surface area contributed by atoms with Crippen molar-refractivity contribution >= 4 is 39.9 Å². The lowest BCUT2D eigenvalue weighted by Crippen LogP contribution is -2.72. The van der Waals surface area contributed by atoms with Gasteiger partial charge in [0, 0.05) is 20.8 Å². The second-order valence-electron chi connectivity index (χ2n) is 5.35. The molecule has 0 radical (unpaired) electrons. The molecule has 1 fully saturated rings. The van der Waals surface area contributed by atoms with E-state index in [2.05, 4.69) is 16.3 Å². The number of ketones is 1. The first-order valence-electron chi connectivity index (χ1n) is 7.18. The van der Waals surface area contributed by atoms with E-state index in [9.17, 15) is 24.3 Å². The van der Waals surface area contributed by atoms with Crippen molar-refractivity contribution in [2.75, 3.05) is 6.61 Å². The maximum absolute atomic E-state index is 12.4. The van der Waals surface area contributed by atoms with Crippen LogP contribution < -0.4 is 0 Å². The number of Topliss-reactive ketones (excluding diaryl/α,β-unsaturated/α-hetero) is 1. The third-order valence-corrected chi connectivity index (χ3v) is 3.84. The zero-order valence-electron chi connectivity index (χ0n) is 14.0. The van der Waals surface area contributed by atoms with Gasteiger partial charge in [0.1, 0.15) is 35.1 Å². The topological polar surface area (TPSA) is 135 Å². The Bertz CT molecular complexity index is 550. The fourth-order valence-corrected chi connectivity index (χ4v) is 2.86. The van der Waals surface area contributed by atoms with E-state index in [0.717, 1.165) is 27.7 Å². The Morgan fingerprint density at radius 3 is 2.08 bits per heavy atom. The molecule has 0 saturated carbocycles. The molecule has 1 aliphatic heterocycles. The fraction of sp³-hybridized carbons (Fsp3) is 0.714. The predicted octanol–water partition coefficient (Wildman–Crippen LogP) is -0.216. The van der Waals surface area contributed by atoms with Crippen LogP contribution in [0.3, 0.4) is 0 Å². The van der Waals surface area contributed by atoms with Crippen molar-refractivity contribution in [1.29, 1.82) is 0 Å². The third kappa shape index (κ3) is 4.75. The van der Waals surface area contributed by atoms with E-state index in [1.807, 2.05) is 0 Å². The quantitative estimate of drug-likeness (QED) is 0.448. The standard InChI is InChI=1S/C14H19BrO10/c1-6(16)14(24-9(4)19)10(5-21-7(2)17)23-13(25-15)11(20)12(14)22-8(3)18/h10-13,20H,5H2,1-4H3/t10-,11-,12-,13+,14-/m1/s1. The second kappa shape index (κ2) is 8.70. The monoisotopic (exact) mass is 426 g/mol. The van der Waals surface area contributed by atoms with Gasteiger partial charge in [0.2, 0.25) is 11.9 Å². The number of carbonyl (C=O) groups is 4. The highest BCUT2D eigenvalue weighted by Crippen LogP contribution is 2.37. The van der Waals surface area contributed by atoms with Crippen LogP contribution in [-0.2, 0) is 42.0 Å². The maximum Gasteiger partial charge on any atom is 0.303 e. The van der Waals surface area contributed by atoms with Crippen LogP contribution in [0, 0.1) is 0 Å². The zero-order chi connectivity index (χ0) is 19.4. The highest BCUT2D eigenvalue weighted by atomic mass is 79.9. The van der Waals surface area contributed by atoms with Crippen LogP contribution in [0.4, 0.5) is 0 Å². The molecule has 0 spiro atoms. The molecular formula is C14H19BrO10. The Morgan fingerprint density at radius 2 is 1.68 bits per heavy atom. The minimum atomic E-state index is -2.23. The molecular weight excluding hydrogens is 408 g/mol. The summed E-state index contributed by atoms with van der Waals surface area (Å²) in [7, 11) is 0. The summed E-state index contributed by atoms with van der Waals surface area (Å²) < 4.78 is 25.2. The van der Waals surface area contributed by atoms with E-state index < -0.39 is 60.5 Å². The lowest BCUT2D eigenvalue weighted by atomic mass is 9.80. The SMILES string of the molecule is CC(=O)OC[C@H]1O[C@@H](OBr)[C@H](O)[C@@H](OC(C)=O)[C@@]1(OC(C)=O)C(C)=O. The van der Waals surface area contributed by atoms with E-state index in [0.29, 0.717) is 0 Å². The number of halogens is 1. The summed E-state index contributed by atoms with van der Waals surface area (Å²) in [4.78, 5) is 46.6. The first-order valence-corrected chi connectivity index (χ1v) is 7.83. The minimum Gasteiger partial charge on any atom is -0.463 e. The van der Waals surface area contributed by atoms with Crippen molar-refractivity contribution < 1.29 is 47.1 Å². The number of aliphatic hydroxyl groups excluding tert-OH is 1. The molecule has 25 heavy (non-hydrogen) atoms. The minimum absolute atomic E-state index is 0.514. The van der Waals surface area contributed by atoms with Gasteiger partial charge in [0.05, 0.1) is 0 Å². The van der Waals surface area contributed by atoms with Gasteiger partial charge in [-0.3, -0.25) is 23.0 Å². The molecule has 1 aliphatic rings. The van der Waals surface area contributed by atoms with Crippen LogP contribution in [0.1, 0.15) is 27.7 Å². The molecule has 1 rings (SSSR count). The number of rotatable bonds is 6. The van der Waals surface area contributed by atoms with Crippen molar-refractivity contribution in [3.63, 3.8) is 0 Å². The predicted molar refractivity (Wildman–Crippen MR) is 82.0 cm³/mol. The molecule has 10 nitrogen and oxygen atoms in total. The molecule has 0 aromatic heterocycles. The summed E-state index contributed by atoms with van der Waals surface area (Å²) >= 11 is 2.65. The van der Waals surface area contributed by atoms with Gasteiger partial charge in [0.15, 0.2) is 11.9 Å². The van der Waals surface area contributed by atoms with Crippen molar-refractivity contribution in [1.82, 2.24) is 0 Å². The number of carbonyl (C=O) groups excluding carboxylic acids is 4. The normalized spacial score (nSPS) is 31.8. The summed E-state index contributed by atoms with van der Waals surface area (Å²) in [6, 6.07) is 0. The number of esters is 3. The van der Waals surface area contributed by atoms with Gasteiger partial charge >= 0.3 is 17.9 Å². The Kier molecular flexibility index (Phi) is 7.47. The fourth-order valence-electron chi connectivity index (χ4n) is 2.55. The van der Waals surface area contributed by atoms with Gasteiger partial charge in [-0.1, -0.05) is 0 Å². The van der Waals surface area contributed by atoms with E-state index in [1.54, 1.807) is 0 Å².